The lowest BCUT2D eigenvalue weighted by atomic mass is 9.80. The van der Waals surface area contributed by atoms with Crippen molar-refractivity contribution in [3.05, 3.63) is 0 Å². The van der Waals surface area contributed by atoms with Gasteiger partial charge in [0.15, 0.2) is 5.96 Å². The van der Waals surface area contributed by atoms with E-state index in [0.29, 0.717) is 0 Å². The van der Waals surface area contributed by atoms with Gasteiger partial charge >= 0.3 is 0 Å². The maximum atomic E-state index is 5.62. The van der Waals surface area contributed by atoms with Crippen LogP contribution in [0.15, 0.2) is 4.99 Å². The lowest BCUT2D eigenvalue weighted by Gasteiger charge is -2.47. The highest BCUT2D eigenvalue weighted by molar-refractivity contribution is 5.79. The molecule has 0 radical (unpaired) electrons. The molecule has 0 aromatic heterocycles. The molecule has 0 aromatic rings. The Morgan fingerprint density at radius 2 is 1.80 bits per heavy atom. The van der Waals surface area contributed by atoms with Crippen LogP contribution in [0.2, 0.25) is 0 Å². The Kier molecular flexibility index (Phi) is 10.2. The topological polar surface area (TPSA) is 61.4 Å². The Morgan fingerprint density at radius 3 is 2.47 bits per heavy atom. The third-order valence-electron chi connectivity index (χ3n) is 7.22. The number of piperidine rings is 1. The fraction of sp³-hybridized carbons (Fsp3) is 0.957. The molecule has 1 saturated carbocycles. The second-order valence-corrected chi connectivity index (χ2v) is 9.24. The molecule has 2 saturated heterocycles. The van der Waals surface area contributed by atoms with Gasteiger partial charge in [0, 0.05) is 45.4 Å². The first-order valence-electron chi connectivity index (χ1n) is 12.3. The van der Waals surface area contributed by atoms with E-state index in [4.69, 9.17) is 14.5 Å². The zero-order valence-corrected chi connectivity index (χ0v) is 19.5. The number of rotatable bonds is 9. The Balaban J connectivity index is 1.51. The number of nitrogens with one attached hydrogen (secondary N) is 2. The molecule has 30 heavy (non-hydrogen) atoms. The van der Waals surface area contributed by atoms with Crippen LogP contribution in [0.25, 0.3) is 0 Å². The Morgan fingerprint density at radius 1 is 1.07 bits per heavy atom. The quantitative estimate of drug-likeness (QED) is 0.437. The molecular weight excluding hydrogens is 378 g/mol. The van der Waals surface area contributed by atoms with E-state index in [0.717, 1.165) is 71.0 Å². The van der Waals surface area contributed by atoms with E-state index in [1.54, 1.807) is 7.11 Å². The SMILES string of the molecule is CCNC(=NCC1(N2CCOCC2)CCCCC1)NCC1CCN(CCOC)CC1. The number of guanidine groups is 1. The van der Waals surface area contributed by atoms with E-state index in [9.17, 15) is 0 Å². The van der Waals surface area contributed by atoms with E-state index >= 15 is 0 Å². The summed E-state index contributed by atoms with van der Waals surface area (Å²) < 4.78 is 10.8. The molecule has 7 heteroatoms. The zero-order valence-electron chi connectivity index (χ0n) is 19.5. The fourth-order valence-corrected chi connectivity index (χ4v) is 5.27. The highest BCUT2D eigenvalue weighted by Gasteiger charge is 2.38. The molecule has 0 bridgehead atoms. The van der Waals surface area contributed by atoms with Crippen molar-refractivity contribution in [3.8, 4) is 0 Å². The summed E-state index contributed by atoms with van der Waals surface area (Å²) in [6.45, 7) is 13.1. The molecule has 1 aliphatic carbocycles. The average Bonchev–Trinajstić information content (AvgIpc) is 2.81. The second kappa shape index (κ2) is 12.8. The summed E-state index contributed by atoms with van der Waals surface area (Å²) >= 11 is 0. The van der Waals surface area contributed by atoms with Gasteiger partial charge in [0.05, 0.1) is 26.4 Å². The molecule has 2 aliphatic heterocycles. The highest BCUT2D eigenvalue weighted by atomic mass is 16.5. The maximum absolute atomic E-state index is 5.62. The maximum Gasteiger partial charge on any atom is 0.191 e. The van der Waals surface area contributed by atoms with E-state index in [-0.39, 0.29) is 5.54 Å². The molecule has 7 nitrogen and oxygen atoms in total. The third kappa shape index (κ3) is 7.08. The molecule has 0 aromatic carbocycles. The van der Waals surface area contributed by atoms with Gasteiger partial charge in [-0.3, -0.25) is 9.89 Å². The Labute approximate surface area is 183 Å². The van der Waals surface area contributed by atoms with Crippen LogP contribution in [0.4, 0.5) is 0 Å². The Hall–Kier alpha value is -0.890. The number of aliphatic imine (C=N–C) groups is 1. The molecular formula is C23H45N5O2. The summed E-state index contributed by atoms with van der Waals surface area (Å²) in [6, 6.07) is 0. The molecule has 0 atom stereocenters. The summed E-state index contributed by atoms with van der Waals surface area (Å²) in [4.78, 5) is 10.3. The molecule has 3 aliphatic rings. The number of likely N-dealkylation sites (tertiary alicyclic amines) is 1. The number of morpholine rings is 1. The summed E-state index contributed by atoms with van der Waals surface area (Å²) in [5, 5.41) is 7.15. The number of ether oxygens (including phenoxy) is 2. The predicted octanol–water partition coefficient (Wildman–Crippen LogP) is 1.94. The first-order chi connectivity index (χ1) is 14.8. The number of nitrogens with zero attached hydrogens (tertiary/aromatic N) is 3. The van der Waals surface area contributed by atoms with Crippen molar-refractivity contribution >= 4 is 5.96 Å². The van der Waals surface area contributed by atoms with E-state index in [2.05, 4.69) is 27.4 Å². The van der Waals surface area contributed by atoms with Gasteiger partial charge in [-0.2, -0.15) is 0 Å². The van der Waals surface area contributed by atoms with Gasteiger partial charge in [-0.15, -0.1) is 0 Å². The Bertz CT molecular complexity index is 496. The lowest BCUT2D eigenvalue weighted by Crippen LogP contribution is -2.56. The van der Waals surface area contributed by atoms with Gasteiger partial charge in [-0.05, 0) is 51.6 Å². The van der Waals surface area contributed by atoms with Crippen LogP contribution >= 0.6 is 0 Å². The number of hydrogen-bond donors (Lipinski definition) is 2. The molecule has 174 valence electrons. The van der Waals surface area contributed by atoms with E-state index < -0.39 is 0 Å². The summed E-state index contributed by atoms with van der Waals surface area (Å²) in [5.41, 5.74) is 0.233. The second-order valence-electron chi connectivity index (χ2n) is 9.24. The first kappa shape index (κ1) is 23.8. The van der Waals surface area contributed by atoms with Gasteiger partial charge in [-0.1, -0.05) is 19.3 Å². The van der Waals surface area contributed by atoms with Crippen LogP contribution in [0, 0.1) is 5.92 Å². The van der Waals surface area contributed by atoms with Crippen molar-refractivity contribution in [3.63, 3.8) is 0 Å². The molecule has 3 fully saturated rings. The zero-order chi connectivity index (χ0) is 21.1. The number of hydrogen-bond acceptors (Lipinski definition) is 5. The van der Waals surface area contributed by atoms with Crippen molar-refractivity contribution in [2.45, 2.75) is 57.4 Å². The molecule has 0 unspecified atom stereocenters. The average molecular weight is 424 g/mol. The largest absolute Gasteiger partial charge is 0.383 e. The lowest BCUT2D eigenvalue weighted by molar-refractivity contribution is -0.0333. The van der Waals surface area contributed by atoms with Gasteiger partial charge in [0.1, 0.15) is 0 Å². The smallest absolute Gasteiger partial charge is 0.191 e. The van der Waals surface area contributed by atoms with Gasteiger partial charge in [0.2, 0.25) is 0 Å². The third-order valence-corrected chi connectivity index (χ3v) is 7.22. The molecule has 0 amide bonds. The predicted molar refractivity (Wildman–Crippen MR) is 123 cm³/mol. The van der Waals surface area contributed by atoms with Crippen LogP contribution in [0.3, 0.4) is 0 Å². The summed E-state index contributed by atoms with van der Waals surface area (Å²) in [6.07, 6.45) is 9.10. The minimum absolute atomic E-state index is 0.233. The van der Waals surface area contributed by atoms with Crippen LogP contribution in [-0.2, 0) is 9.47 Å². The van der Waals surface area contributed by atoms with Crippen LogP contribution in [0.5, 0.6) is 0 Å². The minimum Gasteiger partial charge on any atom is -0.383 e. The summed E-state index contributed by atoms with van der Waals surface area (Å²) in [5.74, 6) is 1.73. The number of methoxy groups -OCH3 is 1. The molecule has 0 spiro atoms. The monoisotopic (exact) mass is 423 g/mol. The van der Waals surface area contributed by atoms with Gasteiger partial charge in [-0.25, -0.2) is 0 Å². The molecule has 2 N–H and O–H groups in total. The molecule has 3 rings (SSSR count). The van der Waals surface area contributed by atoms with Crippen LogP contribution in [-0.4, -0.2) is 101 Å². The summed E-state index contributed by atoms with van der Waals surface area (Å²) in [7, 11) is 1.79. The van der Waals surface area contributed by atoms with Crippen molar-refractivity contribution in [1.29, 1.82) is 0 Å². The minimum atomic E-state index is 0.233. The van der Waals surface area contributed by atoms with E-state index in [1.165, 1.54) is 58.0 Å². The normalized spacial score (nSPS) is 24.7. The van der Waals surface area contributed by atoms with E-state index in [1.807, 2.05) is 0 Å². The highest BCUT2D eigenvalue weighted by Crippen LogP contribution is 2.34. The van der Waals surface area contributed by atoms with Crippen LogP contribution < -0.4 is 10.6 Å². The fourth-order valence-electron chi connectivity index (χ4n) is 5.27. The van der Waals surface area contributed by atoms with Crippen LogP contribution in [0.1, 0.15) is 51.9 Å². The van der Waals surface area contributed by atoms with Gasteiger partial charge < -0.3 is 25.0 Å². The van der Waals surface area contributed by atoms with Crippen molar-refractivity contribution in [1.82, 2.24) is 20.4 Å². The standard InChI is InChI=1S/C23H45N5O2/c1-3-24-22(25-19-21-7-11-27(12-8-21)13-16-29-2)26-20-23(9-5-4-6-10-23)28-14-17-30-18-15-28/h21H,3-20H2,1-2H3,(H2,24,25,26). The van der Waals surface area contributed by atoms with Crippen molar-refractivity contribution in [2.75, 3.05) is 79.3 Å². The van der Waals surface area contributed by atoms with Gasteiger partial charge in [0.25, 0.3) is 0 Å². The van der Waals surface area contributed by atoms with Crippen molar-refractivity contribution in [2.24, 2.45) is 10.9 Å². The first-order valence-corrected chi connectivity index (χ1v) is 12.3. The molecule has 2 heterocycles. The van der Waals surface area contributed by atoms with Crippen molar-refractivity contribution < 1.29 is 9.47 Å².